The van der Waals surface area contributed by atoms with Gasteiger partial charge in [-0.3, -0.25) is 28.8 Å². The van der Waals surface area contributed by atoms with Gasteiger partial charge in [-0.05, 0) is 74.8 Å². The first kappa shape index (κ1) is 29.2. The summed E-state index contributed by atoms with van der Waals surface area (Å²) in [5.41, 5.74) is -0.670. The number of hydrogen-bond donors (Lipinski definition) is 4. The number of aryl methyl sites for hydroxylation is 1. The number of rotatable bonds is 11. The Labute approximate surface area is 242 Å². The average molecular weight is 580 g/mol. The van der Waals surface area contributed by atoms with E-state index in [2.05, 4.69) is 26.3 Å². The number of hydrogen-bond acceptors (Lipinski definition) is 7. The van der Waals surface area contributed by atoms with Gasteiger partial charge in [0.15, 0.2) is 0 Å². The van der Waals surface area contributed by atoms with Gasteiger partial charge in [-0.15, -0.1) is 0 Å². The van der Waals surface area contributed by atoms with Gasteiger partial charge in [-0.2, -0.15) is 0 Å². The molecule has 4 saturated carbocycles. The van der Waals surface area contributed by atoms with Gasteiger partial charge >= 0.3 is 0 Å². The lowest BCUT2D eigenvalue weighted by molar-refractivity contribution is -0.137. The summed E-state index contributed by atoms with van der Waals surface area (Å²) in [6, 6.07) is 1.71. The Balaban J connectivity index is 1.26. The number of likely N-dealkylation sites (N-methyl/N-ethyl adjacent to an activating group) is 1. The van der Waals surface area contributed by atoms with Gasteiger partial charge in [-0.25, -0.2) is 4.98 Å². The zero-order chi connectivity index (χ0) is 30.0. The molecule has 4 fully saturated rings. The van der Waals surface area contributed by atoms with Crippen molar-refractivity contribution in [2.75, 3.05) is 12.4 Å². The highest BCUT2D eigenvalue weighted by Crippen LogP contribution is 2.55. The van der Waals surface area contributed by atoms with Crippen LogP contribution in [-0.2, 0) is 32.8 Å². The smallest absolute Gasteiger partial charge is 0.287 e. The van der Waals surface area contributed by atoms with Gasteiger partial charge in [-0.1, -0.05) is 0 Å². The number of Topliss-reactive ketones (excluding diaryl/α,β-unsaturated/α-hetero) is 1. The van der Waals surface area contributed by atoms with Gasteiger partial charge in [0.1, 0.15) is 24.0 Å². The summed E-state index contributed by atoms with van der Waals surface area (Å²) in [7, 11) is 2.93. The first-order valence-corrected chi connectivity index (χ1v) is 14.4. The first-order valence-electron chi connectivity index (χ1n) is 14.4. The molecule has 4 bridgehead atoms. The number of carbonyl (C=O) groups excluding carboxylic acids is 5. The third kappa shape index (κ3) is 6.29. The van der Waals surface area contributed by atoms with E-state index in [1.54, 1.807) is 13.1 Å². The highest BCUT2D eigenvalue weighted by molar-refractivity contribution is 6.36. The van der Waals surface area contributed by atoms with Crippen LogP contribution < -0.4 is 26.8 Å². The van der Waals surface area contributed by atoms with Crippen LogP contribution in [0.2, 0.25) is 0 Å². The van der Waals surface area contributed by atoms with Crippen LogP contribution in [0.3, 0.4) is 0 Å². The third-order valence-corrected chi connectivity index (χ3v) is 8.85. The molecule has 2 aromatic rings. The summed E-state index contributed by atoms with van der Waals surface area (Å²) in [5, 5.41) is 10.6. The number of nitrogens with one attached hydrogen (secondary N) is 4. The van der Waals surface area contributed by atoms with E-state index in [0.717, 1.165) is 19.3 Å². The monoisotopic (exact) mass is 579 g/mol. The number of imidazole rings is 1. The Bertz CT molecular complexity index is 1420. The van der Waals surface area contributed by atoms with Crippen molar-refractivity contribution in [3.8, 4) is 0 Å². The minimum Gasteiger partial charge on any atom is -0.353 e. The van der Waals surface area contributed by atoms with E-state index in [-0.39, 0.29) is 42.2 Å². The second kappa shape index (κ2) is 11.9. The Morgan fingerprint density at radius 3 is 2.33 bits per heavy atom. The summed E-state index contributed by atoms with van der Waals surface area (Å²) in [6.07, 6.45) is 10.5. The zero-order valence-corrected chi connectivity index (χ0v) is 23.9. The van der Waals surface area contributed by atoms with Gasteiger partial charge in [0.2, 0.25) is 17.6 Å². The van der Waals surface area contributed by atoms with Crippen molar-refractivity contribution in [2.45, 2.75) is 69.5 Å². The molecule has 13 nitrogen and oxygen atoms in total. The van der Waals surface area contributed by atoms with Crippen LogP contribution in [0.5, 0.6) is 0 Å². The SMILES string of the molecule is CNC(=O)C(=O)CC[C@H](NC(=O)c1cncn1C)C(=O)Nc1cccn(CC(=O)NC23CC4CC(CC(C4)C2)C3)c1=O. The van der Waals surface area contributed by atoms with E-state index in [1.165, 1.54) is 60.2 Å². The van der Waals surface area contributed by atoms with Crippen LogP contribution in [0, 0.1) is 17.8 Å². The molecule has 6 rings (SSSR count). The number of anilines is 1. The van der Waals surface area contributed by atoms with Crippen LogP contribution in [0.25, 0.3) is 0 Å². The second-order valence-corrected chi connectivity index (χ2v) is 12.0. The topological polar surface area (TPSA) is 173 Å². The molecule has 4 aliphatic carbocycles. The average Bonchev–Trinajstić information content (AvgIpc) is 3.37. The van der Waals surface area contributed by atoms with Crippen molar-refractivity contribution in [3.63, 3.8) is 0 Å². The lowest BCUT2D eigenvalue weighted by Crippen LogP contribution is -2.60. The number of nitrogens with zero attached hydrogens (tertiary/aromatic N) is 3. The van der Waals surface area contributed by atoms with Gasteiger partial charge in [0, 0.05) is 32.3 Å². The fourth-order valence-electron chi connectivity index (χ4n) is 7.34. The Kier molecular flexibility index (Phi) is 8.28. The maximum absolute atomic E-state index is 13.3. The lowest BCUT2D eigenvalue weighted by Gasteiger charge is -2.56. The van der Waals surface area contributed by atoms with Gasteiger partial charge < -0.3 is 30.4 Å². The number of pyridine rings is 1. The van der Waals surface area contributed by atoms with Crippen molar-refractivity contribution < 1.29 is 24.0 Å². The van der Waals surface area contributed by atoms with Crippen molar-refractivity contribution in [2.24, 2.45) is 24.8 Å². The quantitative estimate of drug-likeness (QED) is 0.281. The zero-order valence-electron chi connectivity index (χ0n) is 23.9. The standard InChI is InChI=1S/C29H37N7O6/c1-30-27(41)23(37)6-5-20(32-26(40)22-14-31-16-35(22)2)25(39)33-21-4-3-7-36(28(21)42)15-24(38)34-29-11-17-8-18(12-29)10-19(9-17)13-29/h3-4,7,14,16-20H,5-6,8-13,15H2,1-2H3,(H,30,41)(H,32,40)(H,33,39)(H,34,38)/t17?,18?,19?,20-,29?/m0/s1. The summed E-state index contributed by atoms with van der Waals surface area (Å²) in [5.74, 6) is -1.18. The third-order valence-electron chi connectivity index (χ3n) is 8.85. The summed E-state index contributed by atoms with van der Waals surface area (Å²) in [6.45, 7) is -0.189. The molecule has 0 spiro atoms. The van der Waals surface area contributed by atoms with Crippen molar-refractivity contribution in [1.82, 2.24) is 30.1 Å². The molecule has 4 N–H and O–H groups in total. The maximum Gasteiger partial charge on any atom is 0.287 e. The van der Waals surface area contributed by atoms with E-state index in [9.17, 15) is 28.8 Å². The summed E-state index contributed by atoms with van der Waals surface area (Å²) >= 11 is 0. The molecule has 0 unspecified atom stereocenters. The van der Waals surface area contributed by atoms with Crippen LogP contribution in [0.1, 0.15) is 61.9 Å². The van der Waals surface area contributed by atoms with Gasteiger partial charge in [0.05, 0.1) is 12.5 Å². The summed E-state index contributed by atoms with van der Waals surface area (Å²) < 4.78 is 2.70. The molecule has 0 aromatic carbocycles. The van der Waals surface area contributed by atoms with Crippen molar-refractivity contribution in [3.05, 3.63) is 46.9 Å². The van der Waals surface area contributed by atoms with E-state index in [1.807, 2.05) is 0 Å². The molecular formula is C29H37N7O6. The van der Waals surface area contributed by atoms with E-state index in [0.29, 0.717) is 17.8 Å². The van der Waals surface area contributed by atoms with Crippen LogP contribution >= 0.6 is 0 Å². The molecule has 42 heavy (non-hydrogen) atoms. The van der Waals surface area contributed by atoms with Crippen molar-refractivity contribution in [1.29, 1.82) is 0 Å². The number of aromatic nitrogens is 3. The minimum absolute atomic E-state index is 0.0810. The maximum atomic E-state index is 13.3. The van der Waals surface area contributed by atoms with E-state index < -0.39 is 35.1 Å². The van der Waals surface area contributed by atoms with Crippen LogP contribution in [-0.4, -0.2) is 62.2 Å². The highest BCUT2D eigenvalue weighted by atomic mass is 16.2. The van der Waals surface area contributed by atoms with E-state index in [4.69, 9.17) is 0 Å². The Morgan fingerprint density at radius 2 is 1.74 bits per heavy atom. The normalized spacial score (nSPS) is 24.5. The Hall–Kier alpha value is -4.29. The number of carbonyl (C=O) groups is 5. The Morgan fingerprint density at radius 1 is 1.07 bits per heavy atom. The largest absolute Gasteiger partial charge is 0.353 e. The summed E-state index contributed by atoms with van der Waals surface area (Å²) in [4.78, 5) is 80.1. The molecule has 2 aromatic heterocycles. The number of ketones is 1. The van der Waals surface area contributed by atoms with Crippen molar-refractivity contribution >= 4 is 35.1 Å². The molecule has 0 saturated heterocycles. The molecule has 4 amide bonds. The first-order chi connectivity index (χ1) is 20.1. The number of amides is 4. The minimum atomic E-state index is -1.24. The molecule has 2 heterocycles. The fraction of sp³-hybridized carbons (Fsp3) is 0.552. The molecule has 1 atom stereocenters. The van der Waals surface area contributed by atoms with Crippen LogP contribution in [0.15, 0.2) is 35.6 Å². The predicted octanol–water partition coefficient (Wildman–Crippen LogP) is 0.499. The fourth-order valence-corrected chi connectivity index (χ4v) is 7.34. The van der Waals surface area contributed by atoms with Crippen LogP contribution in [0.4, 0.5) is 5.69 Å². The molecule has 224 valence electrons. The van der Waals surface area contributed by atoms with Gasteiger partial charge in [0.25, 0.3) is 17.4 Å². The predicted molar refractivity (Wildman–Crippen MR) is 151 cm³/mol. The second-order valence-electron chi connectivity index (χ2n) is 12.0. The molecular weight excluding hydrogens is 542 g/mol. The molecule has 0 radical (unpaired) electrons. The highest BCUT2D eigenvalue weighted by Gasteiger charge is 2.51. The molecule has 13 heteroatoms. The van der Waals surface area contributed by atoms with E-state index >= 15 is 0 Å². The lowest BCUT2D eigenvalue weighted by atomic mass is 9.53. The molecule has 0 aliphatic heterocycles. The molecule has 4 aliphatic rings.